The molecule has 158 valence electrons. The fraction of sp³-hybridized carbons (Fsp3) is 0.348. The molecule has 0 saturated heterocycles. The molecule has 1 aromatic heterocycles. The van der Waals surface area contributed by atoms with Gasteiger partial charge in [0.1, 0.15) is 17.4 Å². The lowest BCUT2D eigenvalue weighted by Crippen LogP contribution is -2.40. The van der Waals surface area contributed by atoms with Gasteiger partial charge in [-0.3, -0.25) is 29.4 Å². The Balaban J connectivity index is 1.61. The zero-order valence-corrected chi connectivity index (χ0v) is 17.3. The molecule has 2 aliphatic rings. The van der Waals surface area contributed by atoms with Crippen molar-refractivity contribution in [2.45, 2.75) is 52.0 Å². The molecule has 31 heavy (non-hydrogen) atoms. The van der Waals surface area contributed by atoms with Crippen LogP contribution < -0.4 is 5.32 Å². The first-order valence-corrected chi connectivity index (χ1v) is 10.2. The Bertz CT molecular complexity index is 1160. The van der Waals surface area contributed by atoms with Crippen LogP contribution in [0.5, 0.6) is 0 Å². The molecular formula is C23H21N3O5. The summed E-state index contributed by atoms with van der Waals surface area (Å²) in [4.78, 5) is 51.6. The average Bonchev–Trinajstić information content (AvgIpc) is 3.21. The zero-order chi connectivity index (χ0) is 22.3. The number of rotatable bonds is 4. The number of ketones is 1. The quantitative estimate of drug-likeness (QED) is 0.594. The minimum atomic E-state index is -0.612. The molecule has 1 saturated carbocycles. The van der Waals surface area contributed by atoms with Crippen LogP contribution >= 0.6 is 0 Å². The molecule has 4 rings (SSSR count). The summed E-state index contributed by atoms with van der Waals surface area (Å²) in [7, 11) is 0. The van der Waals surface area contributed by atoms with E-state index in [-0.39, 0.29) is 63.1 Å². The number of anilines is 1. The van der Waals surface area contributed by atoms with Gasteiger partial charge in [-0.1, -0.05) is 19.3 Å². The van der Waals surface area contributed by atoms with E-state index in [4.69, 9.17) is 4.42 Å². The molecule has 0 unspecified atom stereocenters. The van der Waals surface area contributed by atoms with Gasteiger partial charge < -0.3 is 4.42 Å². The predicted octanol–water partition coefficient (Wildman–Crippen LogP) is 3.84. The number of nitrogens with one attached hydrogen (secondary N) is 1. The number of hydrogen-bond donors (Lipinski definition) is 1. The van der Waals surface area contributed by atoms with E-state index < -0.39 is 5.91 Å². The van der Waals surface area contributed by atoms with Gasteiger partial charge in [-0.2, -0.15) is 5.26 Å². The summed E-state index contributed by atoms with van der Waals surface area (Å²) in [5.41, 5.74) is 0.707. The summed E-state index contributed by atoms with van der Waals surface area (Å²) < 4.78 is 5.41. The Hall–Kier alpha value is -3.73. The van der Waals surface area contributed by atoms with Crippen molar-refractivity contribution in [2.24, 2.45) is 0 Å². The van der Waals surface area contributed by atoms with Crippen molar-refractivity contribution in [1.29, 1.82) is 5.26 Å². The highest BCUT2D eigenvalue weighted by atomic mass is 16.4. The van der Waals surface area contributed by atoms with Crippen LogP contribution in [0, 0.1) is 18.3 Å². The highest BCUT2D eigenvalue weighted by molar-refractivity contribution is 6.22. The van der Waals surface area contributed by atoms with Gasteiger partial charge in [-0.05, 0) is 44.9 Å². The Morgan fingerprint density at radius 2 is 1.81 bits per heavy atom. The summed E-state index contributed by atoms with van der Waals surface area (Å²) >= 11 is 0. The highest BCUT2D eigenvalue weighted by Gasteiger charge is 2.40. The van der Waals surface area contributed by atoms with Crippen molar-refractivity contribution in [2.75, 3.05) is 5.32 Å². The van der Waals surface area contributed by atoms with E-state index in [2.05, 4.69) is 5.32 Å². The number of benzene rings is 1. The molecule has 1 fully saturated rings. The first-order chi connectivity index (χ1) is 14.8. The van der Waals surface area contributed by atoms with Crippen molar-refractivity contribution >= 4 is 29.4 Å². The number of nitrogens with zero attached hydrogens (tertiary/aromatic N) is 2. The van der Waals surface area contributed by atoms with Gasteiger partial charge in [0, 0.05) is 11.6 Å². The van der Waals surface area contributed by atoms with Crippen molar-refractivity contribution < 1.29 is 23.6 Å². The Morgan fingerprint density at radius 3 is 2.45 bits per heavy atom. The fourth-order valence-corrected chi connectivity index (χ4v) is 4.41. The molecule has 2 aromatic rings. The predicted molar refractivity (Wildman–Crippen MR) is 110 cm³/mol. The average molecular weight is 419 g/mol. The van der Waals surface area contributed by atoms with Crippen LogP contribution in [0.4, 0.5) is 5.88 Å². The van der Waals surface area contributed by atoms with Crippen molar-refractivity contribution in [1.82, 2.24) is 4.90 Å². The van der Waals surface area contributed by atoms with Gasteiger partial charge in [0.05, 0.1) is 16.7 Å². The van der Waals surface area contributed by atoms with Crippen LogP contribution in [0.2, 0.25) is 0 Å². The lowest BCUT2D eigenvalue weighted by Gasteiger charge is -2.29. The fourth-order valence-electron chi connectivity index (χ4n) is 4.41. The van der Waals surface area contributed by atoms with Gasteiger partial charge in [0.25, 0.3) is 17.7 Å². The topological polar surface area (TPSA) is 120 Å². The third-order valence-electron chi connectivity index (χ3n) is 5.90. The van der Waals surface area contributed by atoms with Crippen LogP contribution in [0.25, 0.3) is 0 Å². The van der Waals surface area contributed by atoms with E-state index in [1.807, 2.05) is 6.07 Å². The monoisotopic (exact) mass is 419 g/mol. The van der Waals surface area contributed by atoms with Gasteiger partial charge in [-0.25, -0.2) is 0 Å². The van der Waals surface area contributed by atoms with E-state index in [0.29, 0.717) is 0 Å². The maximum Gasteiger partial charge on any atom is 0.261 e. The smallest absolute Gasteiger partial charge is 0.261 e. The molecule has 0 bridgehead atoms. The second-order valence-corrected chi connectivity index (χ2v) is 7.89. The number of amides is 3. The summed E-state index contributed by atoms with van der Waals surface area (Å²) in [6.07, 6.45) is 4.67. The Kier molecular flexibility index (Phi) is 5.19. The molecule has 0 atom stereocenters. The molecule has 1 aliphatic carbocycles. The highest BCUT2D eigenvalue weighted by Crippen LogP contribution is 2.32. The van der Waals surface area contributed by atoms with Crippen LogP contribution in [-0.2, 0) is 0 Å². The molecule has 1 N–H and O–H groups in total. The van der Waals surface area contributed by atoms with E-state index >= 15 is 0 Å². The Morgan fingerprint density at radius 1 is 1.13 bits per heavy atom. The number of hydrogen-bond acceptors (Lipinski definition) is 6. The number of imide groups is 1. The minimum absolute atomic E-state index is 0.0470. The normalized spacial score (nSPS) is 16.2. The zero-order valence-electron chi connectivity index (χ0n) is 17.3. The van der Waals surface area contributed by atoms with Gasteiger partial charge in [0.2, 0.25) is 5.88 Å². The van der Waals surface area contributed by atoms with Crippen LogP contribution in [-0.4, -0.2) is 34.4 Å². The Labute approximate surface area is 178 Å². The molecule has 2 heterocycles. The summed E-state index contributed by atoms with van der Waals surface area (Å²) in [5, 5.41) is 11.9. The molecule has 1 aromatic carbocycles. The van der Waals surface area contributed by atoms with Crippen LogP contribution in [0.3, 0.4) is 0 Å². The van der Waals surface area contributed by atoms with Crippen LogP contribution in [0.15, 0.2) is 22.6 Å². The second kappa shape index (κ2) is 7.84. The van der Waals surface area contributed by atoms with E-state index in [0.717, 1.165) is 32.1 Å². The number of carbonyl (C=O) groups is 4. The van der Waals surface area contributed by atoms with Gasteiger partial charge in [0.15, 0.2) is 5.78 Å². The molecule has 0 spiro atoms. The third kappa shape index (κ3) is 3.42. The number of aryl methyl sites for hydroxylation is 1. The summed E-state index contributed by atoms with van der Waals surface area (Å²) in [6, 6.07) is 6.11. The SMILES string of the molecule is CC(=O)c1c(C)oc(NC(=O)c2ccc3c(c2)C(=O)N(C2CCCCC2)C3=O)c1C#N. The number of carbonyl (C=O) groups excluding carboxylic acids is 4. The van der Waals surface area contributed by atoms with Crippen LogP contribution in [0.1, 0.15) is 91.8 Å². The maximum absolute atomic E-state index is 12.9. The largest absolute Gasteiger partial charge is 0.443 e. The lowest BCUT2D eigenvalue weighted by atomic mass is 9.94. The van der Waals surface area contributed by atoms with E-state index in [1.54, 1.807) is 0 Å². The molecule has 0 radical (unpaired) electrons. The number of nitriles is 1. The van der Waals surface area contributed by atoms with E-state index in [9.17, 15) is 24.4 Å². The number of fused-ring (bicyclic) bond motifs is 1. The third-order valence-corrected chi connectivity index (χ3v) is 5.90. The molecular weight excluding hydrogens is 398 g/mol. The van der Waals surface area contributed by atoms with E-state index in [1.165, 1.54) is 36.9 Å². The standard InChI is InChI=1S/C23H21N3O5/c1-12(27)19-13(2)31-21(18(19)11-24)25-20(28)14-8-9-16-17(10-14)23(30)26(22(16)29)15-6-4-3-5-7-15/h8-10,15H,3-7H2,1-2H3,(H,25,28). The first kappa shape index (κ1) is 20.5. The first-order valence-electron chi connectivity index (χ1n) is 10.2. The summed E-state index contributed by atoms with van der Waals surface area (Å²) in [5.74, 6) is -1.55. The molecule has 8 heteroatoms. The second-order valence-electron chi connectivity index (χ2n) is 7.89. The lowest BCUT2D eigenvalue weighted by molar-refractivity contribution is 0.0548. The molecule has 1 aliphatic heterocycles. The van der Waals surface area contributed by atoms with Gasteiger partial charge >= 0.3 is 0 Å². The maximum atomic E-state index is 12.9. The number of Topliss-reactive ketones (excluding diaryl/α,β-unsaturated/α-hetero) is 1. The van der Waals surface area contributed by atoms with Crippen molar-refractivity contribution in [3.05, 3.63) is 51.8 Å². The minimum Gasteiger partial charge on any atom is -0.443 e. The molecule has 3 amide bonds. The summed E-state index contributed by atoms with van der Waals surface area (Å²) in [6.45, 7) is 2.85. The van der Waals surface area contributed by atoms with Crippen molar-refractivity contribution in [3.8, 4) is 6.07 Å². The molecule has 8 nitrogen and oxygen atoms in total. The van der Waals surface area contributed by atoms with Crippen molar-refractivity contribution in [3.63, 3.8) is 0 Å². The van der Waals surface area contributed by atoms with Gasteiger partial charge in [-0.15, -0.1) is 0 Å². The number of furan rings is 1.